The molecule has 0 saturated heterocycles. The van der Waals surface area contributed by atoms with Gasteiger partial charge in [-0.05, 0) is 32.5 Å². The lowest BCUT2D eigenvalue weighted by Crippen LogP contribution is -2.21. The van der Waals surface area contributed by atoms with Gasteiger partial charge in [0.05, 0.1) is 5.69 Å². The fourth-order valence-electron chi connectivity index (χ4n) is 2.51. The predicted octanol–water partition coefficient (Wildman–Crippen LogP) is 3.63. The van der Waals surface area contributed by atoms with Crippen LogP contribution in [0, 0.1) is 6.92 Å². The van der Waals surface area contributed by atoms with Crippen LogP contribution in [0.15, 0.2) is 24.3 Å². The van der Waals surface area contributed by atoms with Crippen LogP contribution in [-0.2, 0) is 0 Å². The van der Waals surface area contributed by atoms with Crippen molar-refractivity contribution >= 4 is 11.3 Å². The van der Waals surface area contributed by atoms with Crippen molar-refractivity contribution in [3.05, 3.63) is 39.8 Å². The maximum absolute atomic E-state index is 6.03. The van der Waals surface area contributed by atoms with Crippen LogP contribution in [-0.4, -0.2) is 18.1 Å². The Morgan fingerprint density at radius 2 is 2.14 bits per heavy atom. The molecule has 0 bridgehead atoms. The Morgan fingerprint density at radius 1 is 1.38 bits per heavy atom. The summed E-state index contributed by atoms with van der Waals surface area (Å²) >= 11 is 1.71. The Labute approximate surface area is 129 Å². The highest BCUT2D eigenvalue weighted by molar-refractivity contribution is 7.11. The zero-order valence-corrected chi connectivity index (χ0v) is 13.4. The van der Waals surface area contributed by atoms with Gasteiger partial charge < -0.3 is 14.8 Å². The van der Waals surface area contributed by atoms with E-state index in [2.05, 4.69) is 31.1 Å². The highest BCUT2D eigenvalue weighted by atomic mass is 32.1. The van der Waals surface area contributed by atoms with Crippen LogP contribution in [0.2, 0.25) is 0 Å². The van der Waals surface area contributed by atoms with Gasteiger partial charge in [-0.2, -0.15) is 0 Å². The summed E-state index contributed by atoms with van der Waals surface area (Å²) < 4.78 is 11.8. The van der Waals surface area contributed by atoms with E-state index in [1.807, 2.05) is 24.3 Å². The molecule has 1 aromatic heterocycles. The lowest BCUT2D eigenvalue weighted by Gasteiger charge is -2.24. The molecule has 5 heteroatoms. The van der Waals surface area contributed by atoms with Crippen LogP contribution >= 0.6 is 11.3 Å². The number of nitrogens with one attached hydrogen (secondary N) is 1. The van der Waals surface area contributed by atoms with Crippen molar-refractivity contribution in [2.75, 3.05) is 13.2 Å². The summed E-state index contributed by atoms with van der Waals surface area (Å²) in [5, 5.41) is 4.42. The van der Waals surface area contributed by atoms with Crippen LogP contribution in [0.4, 0.5) is 0 Å². The molecule has 21 heavy (non-hydrogen) atoms. The highest BCUT2D eigenvalue weighted by Gasteiger charge is 2.26. The molecule has 3 rings (SSSR count). The fourth-order valence-corrected chi connectivity index (χ4v) is 3.62. The average molecular weight is 304 g/mol. The highest BCUT2D eigenvalue weighted by Crippen LogP contribution is 2.38. The van der Waals surface area contributed by atoms with Crippen molar-refractivity contribution < 1.29 is 9.47 Å². The van der Waals surface area contributed by atoms with Crippen LogP contribution < -0.4 is 14.8 Å². The number of hydrogen-bond acceptors (Lipinski definition) is 5. The van der Waals surface area contributed by atoms with E-state index in [-0.39, 0.29) is 6.10 Å². The summed E-state index contributed by atoms with van der Waals surface area (Å²) in [7, 11) is 0. The number of para-hydroxylation sites is 2. The predicted molar refractivity (Wildman–Crippen MR) is 84.2 cm³/mol. The SMILES string of the molecule is CCNC(C)c1sc(C2COc3ccccc3O2)nc1C. The lowest BCUT2D eigenvalue weighted by atomic mass is 10.2. The van der Waals surface area contributed by atoms with E-state index in [0.717, 1.165) is 28.7 Å². The van der Waals surface area contributed by atoms with Crippen molar-refractivity contribution in [2.45, 2.75) is 32.9 Å². The maximum Gasteiger partial charge on any atom is 0.184 e. The minimum Gasteiger partial charge on any atom is -0.485 e. The van der Waals surface area contributed by atoms with Gasteiger partial charge in [-0.25, -0.2) is 4.98 Å². The van der Waals surface area contributed by atoms with Crippen LogP contribution in [0.1, 0.15) is 41.6 Å². The third-order valence-corrected chi connectivity index (χ3v) is 4.97. The number of ether oxygens (including phenoxy) is 2. The summed E-state index contributed by atoms with van der Waals surface area (Å²) in [5.41, 5.74) is 1.07. The molecule has 0 aliphatic carbocycles. The van der Waals surface area contributed by atoms with E-state index in [1.54, 1.807) is 11.3 Å². The quantitative estimate of drug-likeness (QED) is 0.936. The molecular weight excluding hydrogens is 284 g/mol. The normalized spacial score (nSPS) is 18.5. The van der Waals surface area contributed by atoms with Crippen LogP contribution in [0.3, 0.4) is 0 Å². The minimum atomic E-state index is -0.119. The summed E-state index contributed by atoms with van der Waals surface area (Å²) in [6.45, 7) is 7.80. The Balaban J connectivity index is 1.81. The Bertz CT molecular complexity index is 626. The molecule has 1 aromatic carbocycles. The Hall–Kier alpha value is -1.59. The number of aryl methyl sites for hydroxylation is 1. The molecule has 1 N–H and O–H groups in total. The van der Waals surface area contributed by atoms with Crippen LogP contribution in [0.25, 0.3) is 0 Å². The number of thiazole rings is 1. The lowest BCUT2D eigenvalue weighted by molar-refractivity contribution is 0.0910. The molecule has 0 amide bonds. The molecule has 4 nitrogen and oxygen atoms in total. The largest absolute Gasteiger partial charge is 0.485 e. The molecule has 2 unspecified atom stereocenters. The second-order valence-corrected chi connectivity index (χ2v) is 6.21. The van der Waals surface area contributed by atoms with Crippen molar-refractivity contribution in [2.24, 2.45) is 0 Å². The van der Waals surface area contributed by atoms with E-state index in [9.17, 15) is 0 Å². The molecule has 0 fully saturated rings. The monoisotopic (exact) mass is 304 g/mol. The average Bonchev–Trinajstić information content (AvgIpc) is 2.89. The van der Waals surface area contributed by atoms with Crippen molar-refractivity contribution in [1.29, 1.82) is 0 Å². The molecule has 2 heterocycles. The third kappa shape index (κ3) is 2.89. The van der Waals surface area contributed by atoms with Gasteiger partial charge in [0.2, 0.25) is 0 Å². The number of aromatic nitrogens is 1. The fraction of sp³-hybridized carbons (Fsp3) is 0.438. The van der Waals surface area contributed by atoms with Gasteiger partial charge in [-0.1, -0.05) is 19.1 Å². The van der Waals surface area contributed by atoms with Gasteiger partial charge in [0, 0.05) is 10.9 Å². The first-order valence-corrected chi connectivity index (χ1v) is 8.09. The second-order valence-electron chi connectivity index (χ2n) is 5.15. The first-order valence-electron chi connectivity index (χ1n) is 7.28. The molecule has 0 radical (unpaired) electrons. The van der Waals surface area contributed by atoms with E-state index in [1.165, 1.54) is 4.88 Å². The number of fused-ring (bicyclic) bond motifs is 1. The van der Waals surface area contributed by atoms with Gasteiger partial charge in [0.15, 0.2) is 17.6 Å². The Kier molecular flexibility index (Phi) is 4.12. The van der Waals surface area contributed by atoms with E-state index >= 15 is 0 Å². The second kappa shape index (κ2) is 6.03. The number of rotatable bonds is 4. The molecule has 1 aliphatic heterocycles. The molecule has 2 aromatic rings. The summed E-state index contributed by atoms with van der Waals surface area (Å²) in [6.07, 6.45) is -0.119. The third-order valence-electron chi connectivity index (χ3n) is 3.54. The topological polar surface area (TPSA) is 43.4 Å². The van der Waals surface area contributed by atoms with E-state index < -0.39 is 0 Å². The van der Waals surface area contributed by atoms with Crippen molar-refractivity contribution in [3.63, 3.8) is 0 Å². The summed E-state index contributed by atoms with van der Waals surface area (Å²) in [6, 6.07) is 8.09. The minimum absolute atomic E-state index is 0.119. The van der Waals surface area contributed by atoms with Gasteiger partial charge in [-0.3, -0.25) is 0 Å². The molecule has 2 atom stereocenters. The smallest absolute Gasteiger partial charge is 0.184 e. The molecule has 112 valence electrons. The van der Waals surface area contributed by atoms with Crippen molar-refractivity contribution in [3.8, 4) is 11.5 Å². The number of benzene rings is 1. The standard InChI is InChI=1S/C16H20N2O2S/c1-4-17-10(2)15-11(3)18-16(21-15)14-9-19-12-7-5-6-8-13(12)20-14/h5-8,10,14,17H,4,9H2,1-3H3. The maximum atomic E-state index is 6.03. The Morgan fingerprint density at radius 3 is 2.90 bits per heavy atom. The number of hydrogen-bond donors (Lipinski definition) is 1. The zero-order valence-electron chi connectivity index (χ0n) is 12.6. The van der Waals surface area contributed by atoms with Gasteiger partial charge in [0.1, 0.15) is 11.6 Å². The molecule has 0 saturated carbocycles. The molecule has 0 spiro atoms. The van der Waals surface area contributed by atoms with E-state index in [4.69, 9.17) is 9.47 Å². The van der Waals surface area contributed by atoms with E-state index in [0.29, 0.717) is 12.6 Å². The van der Waals surface area contributed by atoms with Gasteiger partial charge >= 0.3 is 0 Å². The first kappa shape index (κ1) is 14.4. The van der Waals surface area contributed by atoms with Crippen molar-refractivity contribution in [1.82, 2.24) is 10.3 Å². The van der Waals surface area contributed by atoms with Gasteiger partial charge in [-0.15, -0.1) is 11.3 Å². The van der Waals surface area contributed by atoms with Crippen LogP contribution in [0.5, 0.6) is 11.5 Å². The zero-order chi connectivity index (χ0) is 14.8. The number of nitrogens with zero attached hydrogens (tertiary/aromatic N) is 1. The summed E-state index contributed by atoms with van der Waals surface area (Å²) in [5.74, 6) is 1.60. The summed E-state index contributed by atoms with van der Waals surface area (Å²) in [4.78, 5) is 5.96. The first-order chi connectivity index (χ1) is 10.2. The molecule has 1 aliphatic rings. The molecular formula is C16H20N2O2S. The van der Waals surface area contributed by atoms with Gasteiger partial charge in [0.25, 0.3) is 0 Å².